The number of nitrogens with zero attached hydrogens (tertiary/aromatic N) is 1. The third-order valence-corrected chi connectivity index (χ3v) is 3.68. The Morgan fingerprint density at radius 1 is 1.23 bits per heavy atom. The number of esters is 2. The summed E-state index contributed by atoms with van der Waals surface area (Å²) in [5.41, 5.74) is 0.893. The van der Waals surface area contributed by atoms with Crippen molar-refractivity contribution in [1.29, 1.82) is 0 Å². The van der Waals surface area contributed by atoms with E-state index in [0.29, 0.717) is 11.1 Å². The average molecular weight is 330 g/mol. The molecule has 0 amide bonds. The number of ether oxygens (including phenoxy) is 2. The predicted molar refractivity (Wildman–Crippen MR) is 77.9 cm³/mol. The molecule has 0 unspecified atom stereocenters. The van der Waals surface area contributed by atoms with Crippen LogP contribution in [0.2, 0.25) is 0 Å². The molecule has 0 radical (unpaired) electrons. The number of rotatable bonds is 7. The maximum Gasteiger partial charge on any atom is 0.337 e. The fourth-order valence-corrected chi connectivity index (χ4v) is 2.27. The lowest BCUT2D eigenvalue weighted by atomic mass is 10.1. The first kappa shape index (κ1) is 18.1. The fourth-order valence-electron chi connectivity index (χ4n) is 1.65. The minimum Gasteiger partial charge on any atom is -0.465 e. The molecule has 0 aliphatic carbocycles. The first-order valence-corrected chi connectivity index (χ1v) is 7.89. The Morgan fingerprint density at radius 2 is 1.82 bits per heavy atom. The molecule has 22 heavy (non-hydrogen) atoms. The van der Waals surface area contributed by atoms with E-state index in [9.17, 15) is 18.0 Å². The van der Waals surface area contributed by atoms with E-state index in [1.54, 1.807) is 19.1 Å². The van der Waals surface area contributed by atoms with Crippen LogP contribution >= 0.6 is 0 Å². The molecule has 0 spiro atoms. The van der Waals surface area contributed by atoms with E-state index < -0.39 is 28.7 Å². The summed E-state index contributed by atoms with van der Waals surface area (Å²) >= 11 is 0. The van der Waals surface area contributed by atoms with Crippen molar-refractivity contribution in [2.24, 2.45) is 5.14 Å². The molecule has 0 saturated heterocycles. The van der Waals surface area contributed by atoms with Gasteiger partial charge in [-0.3, -0.25) is 4.79 Å². The Labute approximate surface area is 129 Å². The van der Waals surface area contributed by atoms with Gasteiger partial charge in [-0.2, -0.15) is 12.7 Å². The van der Waals surface area contributed by atoms with Crippen molar-refractivity contribution in [2.75, 3.05) is 20.3 Å². The molecule has 1 aromatic carbocycles. The summed E-state index contributed by atoms with van der Waals surface area (Å²) in [6, 6.07) is 6.09. The highest BCUT2D eigenvalue weighted by Gasteiger charge is 2.22. The van der Waals surface area contributed by atoms with Gasteiger partial charge in [-0.25, -0.2) is 9.93 Å². The zero-order valence-electron chi connectivity index (χ0n) is 12.3. The number of hydrogen-bond donors (Lipinski definition) is 1. The molecule has 2 N–H and O–H groups in total. The van der Waals surface area contributed by atoms with Crippen LogP contribution in [0.25, 0.3) is 0 Å². The number of nitrogens with two attached hydrogens (primary N) is 1. The van der Waals surface area contributed by atoms with Crippen molar-refractivity contribution in [2.45, 2.75) is 13.5 Å². The topological polar surface area (TPSA) is 116 Å². The standard InChI is InChI=1S/C13H18N2O6S/c1-3-21-12(16)9-15(22(14,18)19)8-10-4-6-11(7-5-10)13(17)20-2/h4-7H,3,8-9H2,1-2H3,(H2,14,18,19). The molecule has 0 saturated carbocycles. The van der Waals surface area contributed by atoms with E-state index in [2.05, 4.69) is 4.74 Å². The van der Waals surface area contributed by atoms with Crippen molar-refractivity contribution >= 4 is 22.1 Å². The van der Waals surface area contributed by atoms with Crippen LogP contribution < -0.4 is 5.14 Å². The van der Waals surface area contributed by atoms with E-state index in [1.165, 1.54) is 19.2 Å². The van der Waals surface area contributed by atoms with Crippen molar-refractivity contribution in [3.05, 3.63) is 35.4 Å². The summed E-state index contributed by atoms with van der Waals surface area (Å²) in [6.45, 7) is 1.17. The quantitative estimate of drug-likeness (QED) is 0.706. The zero-order chi connectivity index (χ0) is 16.8. The summed E-state index contributed by atoms with van der Waals surface area (Å²) in [7, 11) is -2.80. The van der Waals surface area contributed by atoms with Crippen LogP contribution in [0.1, 0.15) is 22.8 Å². The number of carbonyl (C=O) groups is 2. The largest absolute Gasteiger partial charge is 0.465 e. The van der Waals surface area contributed by atoms with Crippen LogP contribution in [0.3, 0.4) is 0 Å². The van der Waals surface area contributed by atoms with Gasteiger partial charge in [0.15, 0.2) is 0 Å². The van der Waals surface area contributed by atoms with Crippen LogP contribution in [-0.4, -0.2) is 44.9 Å². The SMILES string of the molecule is CCOC(=O)CN(Cc1ccc(C(=O)OC)cc1)S(N)(=O)=O. The second kappa shape index (κ2) is 7.87. The van der Waals surface area contributed by atoms with Crippen LogP contribution in [0.4, 0.5) is 0 Å². The molecule has 0 heterocycles. The third kappa shape index (κ3) is 5.43. The summed E-state index contributed by atoms with van der Waals surface area (Å²) in [5, 5.41) is 5.09. The van der Waals surface area contributed by atoms with Gasteiger partial charge in [0.1, 0.15) is 6.54 Å². The molecule has 0 aromatic heterocycles. The van der Waals surface area contributed by atoms with E-state index in [4.69, 9.17) is 9.88 Å². The normalized spacial score (nSPS) is 11.3. The molecular weight excluding hydrogens is 312 g/mol. The van der Waals surface area contributed by atoms with Gasteiger partial charge in [0.25, 0.3) is 10.2 Å². The molecule has 0 aliphatic heterocycles. The Balaban J connectivity index is 2.86. The molecule has 0 bridgehead atoms. The molecule has 9 heteroatoms. The van der Waals surface area contributed by atoms with Gasteiger partial charge in [0.05, 0.1) is 19.3 Å². The van der Waals surface area contributed by atoms with Gasteiger partial charge in [-0.1, -0.05) is 12.1 Å². The van der Waals surface area contributed by atoms with Crippen molar-refractivity contribution in [3.63, 3.8) is 0 Å². The molecule has 122 valence electrons. The van der Waals surface area contributed by atoms with Crippen molar-refractivity contribution in [3.8, 4) is 0 Å². The number of methoxy groups -OCH3 is 1. The highest BCUT2D eigenvalue weighted by atomic mass is 32.2. The minimum atomic E-state index is -4.07. The molecular formula is C13H18N2O6S. The maximum atomic E-state index is 11.5. The molecule has 1 rings (SSSR count). The number of benzene rings is 1. The van der Waals surface area contributed by atoms with Crippen molar-refractivity contribution < 1.29 is 27.5 Å². The molecule has 1 aromatic rings. The molecule has 0 fully saturated rings. The van der Waals surface area contributed by atoms with Crippen molar-refractivity contribution in [1.82, 2.24) is 4.31 Å². The van der Waals surface area contributed by atoms with Crippen LogP contribution in [0, 0.1) is 0 Å². The summed E-state index contributed by atoms with van der Waals surface area (Å²) in [5.74, 6) is -1.19. The lowest BCUT2D eigenvalue weighted by molar-refractivity contribution is -0.143. The Kier molecular flexibility index (Phi) is 6.47. The Bertz CT molecular complexity index is 626. The average Bonchev–Trinajstić information content (AvgIpc) is 2.46. The van der Waals surface area contributed by atoms with Gasteiger partial charge in [0.2, 0.25) is 0 Å². The van der Waals surface area contributed by atoms with E-state index in [-0.39, 0.29) is 13.2 Å². The number of carbonyl (C=O) groups excluding carboxylic acids is 2. The first-order chi connectivity index (χ1) is 10.3. The van der Waals surface area contributed by atoms with Crippen LogP contribution in [0.15, 0.2) is 24.3 Å². The first-order valence-electron chi connectivity index (χ1n) is 6.38. The summed E-state index contributed by atoms with van der Waals surface area (Å²) in [4.78, 5) is 22.7. The van der Waals surface area contributed by atoms with Gasteiger partial charge < -0.3 is 9.47 Å². The summed E-state index contributed by atoms with van der Waals surface area (Å²) < 4.78 is 33.1. The van der Waals surface area contributed by atoms with E-state index >= 15 is 0 Å². The van der Waals surface area contributed by atoms with Gasteiger partial charge in [-0.15, -0.1) is 0 Å². The Morgan fingerprint density at radius 3 is 2.27 bits per heavy atom. The summed E-state index contributed by atoms with van der Waals surface area (Å²) in [6.07, 6.45) is 0. The van der Waals surface area contributed by atoms with Gasteiger partial charge in [-0.05, 0) is 24.6 Å². The predicted octanol–water partition coefficient (Wildman–Crippen LogP) is 0.0418. The smallest absolute Gasteiger partial charge is 0.337 e. The highest BCUT2D eigenvalue weighted by molar-refractivity contribution is 7.86. The second-order valence-electron chi connectivity index (χ2n) is 4.31. The lowest BCUT2D eigenvalue weighted by Crippen LogP contribution is -2.40. The van der Waals surface area contributed by atoms with Crippen LogP contribution in [0.5, 0.6) is 0 Å². The monoisotopic (exact) mass is 330 g/mol. The van der Waals surface area contributed by atoms with E-state index in [0.717, 1.165) is 4.31 Å². The fraction of sp³-hybridized carbons (Fsp3) is 0.385. The highest BCUT2D eigenvalue weighted by Crippen LogP contribution is 2.10. The number of hydrogen-bond acceptors (Lipinski definition) is 6. The van der Waals surface area contributed by atoms with E-state index in [1.807, 2.05) is 0 Å². The molecule has 0 aliphatic rings. The van der Waals surface area contributed by atoms with Gasteiger partial charge >= 0.3 is 11.9 Å². The van der Waals surface area contributed by atoms with Crippen LogP contribution in [-0.2, 0) is 31.0 Å². The molecule has 0 atom stereocenters. The molecule has 8 nitrogen and oxygen atoms in total. The third-order valence-electron chi connectivity index (χ3n) is 2.70. The zero-order valence-corrected chi connectivity index (χ0v) is 13.1. The lowest BCUT2D eigenvalue weighted by Gasteiger charge is -2.18. The minimum absolute atomic E-state index is 0.112. The maximum absolute atomic E-state index is 11.5. The second-order valence-corrected chi connectivity index (χ2v) is 5.85. The Hall–Kier alpha value is -1.97. The van der Waals surface area contributed by atoms with Gasteiger partial charge in [0, 0.05) is 6.54 Å².